The van der Waals surface area contributed by atoms with Gasteiger partial charge in [0.2, 0.25) is 4.96 Å². The van der Waals surface area contributed by atoms with Crippen LogP contribution >= 0.6 is 22.9 Å². The summed E-state index contributed by atoms with van der Waals surface area (Å²) in [5.41, 5.74) is -0.111. The van der Waals surface area contributed by atoms with E-state index in [-0.39, 0.29) is 16.9 Å². The number of hydrogen-bond donors (Lipinski definition) is 0. The molecule has 0 fully saturated rings. The summed E-state index contributed by atoms with van der Waals surface area (Å²) in [6.07, 6.45) is -2.93. The van der Waals surface area contributed by atoms with E-state index >= 15 is 0 Å². The van der Waals surface area contributed by atoms with Gasteiger partial charge in [0.25, 0.3) is 5.56 Å². The average Bonchev–Trinajstić information content (AvgIpc) is 3.46. The van der Waals surface area contributed by atoms with Gasteiger partial charge in [0.15, 0.2) is 5.82 Å². The largest absolute Gasteiger partial charge is 0.457 e. The quantitative estimate of drug-likeness (QED) is 0.357. The first-order chi connectivity index (χ1) is 15.3. The Morgan fingerprint density at radius 1 is 1.03 bits per heavy atom. The van der Waals surface area contributed by atoms with Crippen molar-refractivity contribution in [3.05, 3.63) is 91.9 Å². The Balaban J connectivity index is 1.48. The molecule has 3 heterocycles. The molecule has 0 saturated heterocycles. The van der Waals surface area contributed by atoms with Crippen molar-refractivity contribution in [1.82, 2.24) is 14.6 Å². The Kier molecular flexibility index (Phi) is 4.87. The zero-order valence-electron chi connectivity index (χ0n) is 15.9. The molecular weight excluding hydrogens is 463 g/mol. The predicted molar refractivity (Wildman–Crippen MR) is 116 cm³/mol. The lowest BCUT2D eigenvalue weighted by molar-refractivity contribution is -0.137. The summed E-state index contributed by atoms with van der Waals surface area (Å²) in [6, 6.07) is 14.9. The molecule has 0 saturated carbocycles. The molecule has 0 aliphatic carbocycles. The van der Waals surface area contributed by atoms with E-state index in [9.17, 15) is 18.0 Å². The van der Waals surface area contributed by atoms with Crippen molar-refractivity contribution < 1.29 is 17.6 Å². The second kappa shape index (κ2) is 7.61. The molecule has 0 aliphatic heterocycles. The van der Waals surface area contributed by atoms with E-state index in [4.69, 9.17) is 16.0 Å². The van der Waals surface area contributed by atoms with Gasteiger partial charge in [-0.1, -0.05) is 35.1 Å². The fraction of sp³-hybridized carbons (Fsp3) is 0.0455. The van der Waals surface area contributed by atoms with Crippen molar-refractivity contribution in [2.45, 2.75) is 6.18 Å². The first kappa shape index (κ1) is 20.5. The number of furan rings is 1. The number of alkyl halides is 3. The fourth-order valence-corrected chi connectivity index (χ4v) is 4.13. The summed E-state index contributed by atoms with van der Waals surface area (Å²) in [5, 5.41) is 4.85. The van der Waals surface area contributed by atoms with E-state index in [0.29, 0.717) is 26.1 Å². The Morgan fingerprint density at radius 3 is 2.53 bits per heavy atom. The first-order valence-electron chi connectivity index (χ1n) is 9.23. The van der Waals surface area contributed by atoms with E-state index in [2.05, 4.69) is 10.1 Å². The van der Waals surface area contributed by atoms with Gasteiger partial charge in [0.05, 0.1) is 5.56 Å². The highest BCUT2D eigenvalue weighted by Crippen LogP contribution is 2.32. The predicted octanol–water partition coefficient (Wildman–Crippen LogP) is 5.30. The standard InChI is InChI=1S/C22H11ClF3N3O2S/c23-15-6-4-12(5-7-15)19-27-21-29(28-19)20(30)18(32-21)11-16-8-9-17(31-16)13-2-1-3-14(10-13)22(24,25)26/h1-11H/b18-11-. The number of fused-ring (bicyclic) bond motifs is 1. The molecule has 5 rings (SSSR count). The lowest BCUT2D eigenvalue weighted by atomic mass is 10.1. The molecule has 3 aromatic heterocycles. The normalized spacial score (nSPS) is 12.7. The van der Waals surface area contributed by atoms with Crippen LogP contribution in [0.15, 0.2) is 69.9 Å². The summed E-state index contributed by atoms with van der Waals surface area (Å²) < 4.78 is 46.1. The van der Waals surface area contributed by atoms with Gasteiger partial charge in [-0.2, -0.15) is 22.7 Å². The SMILES string of the molecule is O=c1/c(=C/c2ccc(-c3cccc(C(F)(F)F)c3)o2)sc2nc(-c3ccc(Cl)cc3)nn12. The van der Waals surface area contributed by atoms with Crippen LogP contribution in [0.4, 0.5) is 13.2 Å². The molecule has 0 spiro atoms. The molecule has 0 unspecified atom stereocenters. The molecule has 0 atom stereocenters. The zero-order valence-corrected chi connectivity index (χ0v) is 17.5. The summed E-state index contributed by atoms with van der Waals surface area (Å²) in [6.45, 7) is 0. The molecule has 5 aromatic rings. The number of hydrogen-bond acceptors (Lipinski definition) is 5. The van der Waals surface area contributed by atoms with Gasteiger partial charge in [-0.3, -0.25) is 4.79 Å². The maximum absolute atomic E-state index is 13.0. The van der Waals surface area contributed by atoms with Gasteiger partial charge in [-0.25, -0.2) is 0 Å². The Bertz CT molecular complexity index is 1550. The highest BCUT2D eigenvalue weighted by molar-refractivity contribution is 7.15. The second-order valence-electron chi connectivity index (χ2n) is 6.83. The molecule has 5 nitrogen and oxygen atoms in total. The Hall–Kier alpha value is -3.43. The maximum Gasteiger partial charge on any atom is 0.416 e. The number of thiazole rings is 1. The van der Waals surface area contributed by atoms with Crippen molar-refractivity contribution in [2.75, 3.05) is 0 Å². The summed E-state index contributed by atoms with van der Waals surface area (Å²) >= 11 is 7.03. The zero-order chi connectivity index (χ0) is 22.5. The van der Waals surface area contributed by atoms with Crippen molar-refractivity contribution in [2.24, 2.45) is 0 Å². The van der Waals surface area contributed by atoms with Crippen LogP contribution in [0.5, 0.6) is 0 Å². The molecule has 2 aromatic carbocycles. The monoisotopic (exact) mass is 473 g/mol. The Labute approximate surface area is 187 Å². The number of nitrogens with zero attached hydrogens (tertiary/aromatic N) is 3. The van der Waals surface area contributed by atoms with Crippen LogP contribution in [0.3, 0.4) is 0 Å². The third-order valence-electron chi connectivity index (χ3n) is 4.66. The molecule has 10 heteroatoms. The van der Waals surface area contributed by atoms with Crippen molar-refractivity contribution in [1.29, 1.82) is 0 Å². The summed E-state index contributed by atoms with van der Waals surface area (Å²) in [4.78, 5) is 17.5. The van der Waals surface area contributed by atoms with Crippen LogP contribution in [-0.2, 0) is 6.18 Å². The highest BCUT2D eigenvalue weighted by atomic mass is 35.5. The number of benzene rings is 2. The van der Waals surface area contributed by atoms with Gasteiger partial charge in [0, 0.05) is 22.2 Å². The molecular formula is C22H11ClF3N3O2S. The minimum absolute atomic E-state index is 0.263. The van der Waals surface area contributed by atoms with Gasteiger partial charge in [-0.15, -0.1) is 5.10 Å². The van der Waals surface area contributed by atoms with Gasteiger partial charge >= 0.3 is 6.18 Å². The van der Waals surface area contributed by atoms with E-state index in [1.165, 1.54) is 22.7 Å². The fourth-order valence-electron chi connectivity index (χ4n) is 3.12. The second-order valence-corrected chi connectivity index (χ2v) is 8.28. The summed E-state index contributed by atoms with van der Waals surface area (Å²) in [7, 11) is 0. The molecule has 0 bridgehead atoms. The minimum atomic E-state index is -4.45. The lowest BCUT2D eigenvalue weighted by Gasteiger charge is -2.07. The molecule has 32 heavy (non-hydrogen) atoms. The van der Waals surface area contributed by atoms with Crippen molar-refractivity contribution in [3.63, 3.8) is 0 Å². The first-order valence-corrected chi connectivity index (χ1v) is 10.4. The lowest BCUT2D eigenvalue weighted by Crippen LogP contribution is -2.23. The van der Waals surface area contributed by atoms with Crippen LogP contribution < -0.4 is 10.1 Å². The molecule has 0 N–H and O–H groups in total. The van der Waals surface area contributed by atoms with E-state index in [0.717, 1.165) is 29.0 Å². The van der Waals surface area contributed by atoms with Crippen LogP contribution in [-0.4, -0.2) is 14.6 Å². The third kappa shape index (κ3) is 3.80. The molecule has 0 aliphatic rings. The number of rotatable bonds is 3. The van der Waals surface area contributed by atoms with Crippen molar-refractivity contribution in [3.8, 4) is 22.7 Å². The van der Waals surface area contributed by atoms with Crippen LogP contribution in [0, 0.1) is 0 Å². The summed E-state index contributed by atoms with van der Waals surface area (Å²) in [5.74, 6) is 0.998. The topological polar surface area (TPSA) is 60.4 Å². The molecule has 160 valence electrons. The molecule has 0 radical (unpaired) electrons. The van der Waals surface area contributed by atoms with Gasteiger partial charge in [0.1, 0.15) is 16.1 Å². The number of halogens is 4. The van der Waals surface area contributed by atoms with E-state index < -0.39 is 11.7 Å². The molecule has 0 amide bonds. The van der Waals surface area contributed by atoms with Crippen LogP contribution in [0.1, 0.15) is 11.3 Å². The highest BCUT2D eigenvalue weighted by Gasteiger charge is 2.30. The van der Waals surface area contributed by atoms with E-state index in [1.807, 2.05) is 0 Å². The average molecular weight is 474 g/mol. The minimum Gasteiger partial charge on any atom is -0.457 e. The number of aromatic nitrogens is 3. The smallest absolute Gasteiger partial charge is 0.416 e. The maximum atomic E-state index is 13.0. The van der Waals surface area contributed by atoms with Crippen molar-refractivity contribution >= 4 is 34.0 Å². The Morgan fingerprint density at radius 2 is 1.81 bits per heavy atom. The van der Waals surface area contributed by atoms with E-state index in [1.54, 1.807) is 36.4 Å². The third-order valence-corrected chi connectivity index (χ3v) is 5.87. The van der Waals surface area contributed by atoms with Crippen LogP contribution in [0.2, 0.25) is 5.02 Å². The van der Waals surface area contributed by atoms with Gasteiger partial charge < -0.3 is 4.42 Å². The van der Waals surface area contributed by atoms with Gasteiger partial charge in [-0.05, 0) is 48.5 Å². The van der Waals surface area contributed by atoms with Crippen LogP contribution in [0.25, 0.3) is 33.7 Å².